The van der Waals surface area contributed by atoms with Gasteiger partial charge in [-0.15, -0.1) is 11.3 Å². The van der Waals surface area contributed by atoms with Gasteiger partial charge in [0.2, 0.25) is 0 Å². The molecule has 1 saturated carbocycles. The fourth-order valence-corrected chi connectivity index (χ4v) is 5.33. The maximum atomic E-state index is 12.3. The first-order chi connectivity index (χ1) is 13.2. The molecule has 2 rings (SSSR count). The number of hydrogen-bond donors (Lipinski definition) is 2. The lowest BCUT2D eigenvalue weighted by molar-refractivity contribution is -0.121. The number of nitrogens with zero attached hydrogens (tertiary/aromatic N) is 1. The van der Waals surface area contributed by atoms with Crippen LogP contribution in [0.3, 0.4) is 0 Å². The Bertz CT molecular complexity index is 696. The third kappa shape index (κ3) is 7.33. The molecule has 2 N–H and O–H groups in total. The van der Waals surface area contributed by atoms with Gasteiger partial charge in [-0.2, -0.15) is 0 Å². The molecular weight excluding hydrogens is 394 g/mol. The molecule has 0 aliphatic heterocycles. The molecule has 1 aromatic heterocycles. The molecule has 1 heterocycles. The van der Waals surface area contributed by atoms with Gasteiger partial charge in [-0.3, -0.25) is 4.79 Å². The van der Waals surface area contributed by atoms with Gasteiger partial charge < -0.3 is 10.2 Å². The number of Topliss-reactive ketones (excluding diaryl/α,β-unsaturated/α-hetero) is 1. The molecule has 0 bridgehead atoms. The number of carboxylic acid groups (broad SMARTS) is 1. The Balaban J connectivity index is 1.82. The van der Waals surface area contributed by atoms with Crippen LogP contribution in [0.4, 0.5) is 0 Å². The van der Waals surface area contributed by atoms with Crippen molar-refractivity contribution in [3.8, 4) is 0 Å². The Morgan fingerprint density at radius 1 is 1.50 bits per heavy atom. The zero-order valence-corrected chi connectivity index (χ0v) is 18.5. The summed E-state index contributed by atoms with van der Waals surface area (Å²) in [5.74, 6) is 0.882. The number of hydrogen-bond acceptors (Lipinski definition) is 6. The number of aliphatic hydroxyl groups is 1. The molecule has 156 valence electrons. The number of thiazole rings is 1. The number of aromatic carboxylic acids is 1. The Kier molecular flexibility index (Phi) is 8.71. The number of thioether (sulfide) groups is 1. The highest BCUT2D eigenvalue weighted by molar-refractivity contribution is 8.01. The SMILES string of the molecule is CC(C)CCC(C)(O)CC=CC1CCC(=O)C1CCSc1nc(C(=O)O)cs1. The largest absolute Gasteiger partial charge is 0.476 e. The van der Waals surface area contributed by atoms with Crippen LogP contribution in [-0.2, 0) is 4.79 Å². The van der Waals surface area contributed by atoms with Crippen LogP contribution in [0.2, 0.25) is 0 Å². The maximum absolute atomic E-state index is 12.3. The van der Waals surface area contributed by atoms with Gasteiger partial charge in [-0.1, -0.05) is 37.8 Å². The highest BCUT2D eigenvalue weighted by Crippen LogP contribution is 2.35. The van der Waals surface area contributed by atoms with Gasteiger partial charge in [0.25, 0.3) is 0 Å². The van der Waals surface area contributed by atoms with Crippen molar-refractivity contribution in [2.45, 2.75) is 69.2 Å². The van der Waals surface area contributed by atoms with Crippen molar-refractivity contribution in [3.63, 3.8) is 0 Å². The third-order valence-electron chi connectivity index (χ3n) is 5.21. The number of allylic oxidation sites excluding steroid dienone is 1. The predicted octanol–water partition coefficient (Wildman–Crippen LogP) is 5.05. The Morgan fingerprint density at radius 2 is 2.25 bits per heavy atom. The predicted molar refractivity (Wildman–Crippen MR) is 114 cm³/mol. The van der Waals surface area contributed by atoms with E-state index in [1.165, 1.54) is 23.1 Å². The molecule has 1 aromatic rings. The van der Waals surface area contributed by atoms with E-state index in [1.807, 2.05) is 13.0 Å². The quantitative estimate of drug-likeness (QED) is 0.381. The average molecular weight is 426 g/mol. The van der Waals surface area contributed by atoms with Gasteiger partial charge in [-0.25, -0.2) is 9.78 Å². The number of rotatable bonds is 11. The van der Waals surface area contributed by atoms with Crippen molar-refractivity contribution in [3.05, 3.63) is 23.2 Å². The standard InChI is InChI=1S/C21H31NO4S2/c1-14(2)8-11-21(3,26)10-4-5-15-6-7-18(23)16(15)9-12-27-20-22-17(13-28-20)19(24)25/h4-5,13-16,26H,6-12H2,1-3H3,(H,24,25). The first-order valence-corrected chi connectivity index (χ1v) is 11.8. The molecule has 3 atom stereocenters. The number of aromatic nitrogens is 1. The first-order valence-electron chi connectivity index (χ1n) is 9.91. The summed E-state index contributed by atoms with van der Waals surface area (Å²) in [5.41, 5.74) is -0.615. The van der Waals surface area contributed by atoms with Crippen molar-refractivity contribution in [1.82, 2.24) is 4.98 Å². The fourth-order valence-electron chi connectivity index (χ4n) is 3.43. The van der Waals surface area contributed by atoms with Crippen LogP contribution in [-0.4, -0.2) is 38.3 Å². The summed E-state index contributed by atoms with van der Waals surface area (Å²) in [7, 11) is 0. The van der Waals surface area contributed by atoms with Gasteiger partial charge in [0.15, 0.2) is 10.0 Å². The van der Waals surface area contributed by atoms with E-state index >= 15 is 0 Å². The molecule has 7 heteroatoms. The lowest BCUT2D eigenvalue weighted by Gasteiger charge is -2.23. The van der Waals surface area contributed by atoms with Gasteiger partial charge in [-0.05, 0) is 50.9 Å². The van der Waals surface area contributed by atoms with Crippen LogP contribution in [0.15, 0.2) is 21.9 Å². The molecule has 1 aliphatic rings. The molecule has 3 unspecified atom stereocenters. The molecule has 1 aliphatic carbocycles. The van der Waals surface area contributed by atoms with E-state index in [2.05, 4.69) is 24.9 Å². The summed E-state index contributed by atoms with van der Waals surface area (Å²) >= 11 is 2.84. The first kappa shape index (κ1) is 23.1. The van der Waals surface area contributed by atoms with Gasteiger partial charge >= 0.3 is 5.97 Å². The number of carbonyl (C=O) groups is 2. The summed E-state index contributed by atoms with van der Waals surface area (Å²) in [6.07, 6.45) is 8.83. The molecule has 0 amide bonds. The van der Waals surface area contributed by atoms with Crippen LogP contribution in [0, 0.1) is 17.8 Å². The van der Waals surface area contributed by atoms with E-state index < -0.39 is 11.6 Å². The summed E-state index contributed by atoms with van der Waals surface area (Å²) in [4.78, 5) is 27.2. The minimum absolute atomic E-state index is 0.0169. The zero-order chi connectivity index (χ0) is 20.7. The van der Waals surface area contributed by atoms with Crippen molar-refractivity contribution in [2.24, 2.45) is 17.8 Å². The van der Waals surface area contributed by atoms with Crippen LogP contribution in [0.5, 0.6) is 0 Å². The summed E-state index contributed by atoms with van der Waals surface area (Å²) in [6.45, 7) is 6.20. The third-order valence-corrected chi connectivity index (χ3v) is 7.27. The molecule has 0 spiro atoms. The highest BCUT2D eigenvalue weighted by atomic mass is 32.2. The lowest BCUT2D eigenvalue weighted by atomic mass is 9.89. The molecule has 0 saturated heterocycles. The van der Waals surface area contributed by atoms with E-state index in [1.54, 1.807) is 5.38 Å². The molecule has 28 heavy (non-hydrogen) atoms. The smallest absolute Gasteiger partial charge is 0.355 e. The topological polar surface area (TPSA) is 87.5 Å². The summed E-state index contributed by atoms with van der Waals surface area (Å²) in [5, 5.41) is 21.0. The molecule has 0 radical (unpaired) electrons. The molecule has 0 aromatic carbocycles. The lowest BCUT2D eigenvalue weighted by Crippen LogP contribution is -2.23. The second-order valence-corrected chi connectivity index (χ2v) is 10.5. The van der Waals surface area contributed by atoms with E-state index in [-0.39, 0.29) is 17.5 Å². The van der Waals surface area contributed by atoms with E-state index in [0.717, 1.165) is 35.8 Å². The summed E-state index contributed by atoms with van der Waals surface area (Å²) < 4.78 is 0.733. The van der Waals surface area contributed by atoms with Crippen molar-refractivity contribution >= 4 is 34.9 Å². The second-order valence-electron chi connectivity index (χ2n) is 8.28. The van der Waals surface area contributed by atoms with E-state index in [0.29, 0.717) is 24.5 Å². The van der Waals surface area contributed by atoms with E-state index in [9.17, 15) is 14.7 Å². The van der Waals surface area contributed by atoms with E-state index in [4.69, 9.17) is 5.11 Å². The minimum Gasteiger partial charge on any atom is -0.476 e. The number of carbonyl (C=O) groups excluding carboxylic acids is 1. The van der Waals surface area contributed by atoms with Gasteiger partial charge in [0.05, 0.1) is 5.60 Å². The Morgan fingerprint density at radius 3 is 2.89 bits per heavy atom. The fraction of sp³-hybridized carbons (Fsp3) is 0.667. The van der Waals surface area contributed by atoms with Gasteiger partial charge in [0, 0.05) is 23.5 Å². The van der Waals surface area contributed by atoms with Crippen molar-refractivity contribution in [2.75, 3.05) is 5.75 Å². The van der Waals surface area contributed by atoms with Crippen LogP contribution in [0.1, 0.15) is 69.8 Å². The molecular formula is C21H31NO4S2. The minimum atomic E-state index is -1.01. The molecule has 1 fully saturated rings. The van der Waals surface area contributed by atoms with Gasteiger partial charge in [0.1, 0.15) is 5.78 Å². The number of carboxylic acids is 1. The van der Waals surface area contributed by atoms with Crippen molar-refractivity contribution in [1.29, 1.82) is 0 Å². The monoisotopic (exact) mass is 425 g/mol. The Hall–Kier alpha value is -1.18. The van der Waals surface area contributed by atoms with Crippen molar-refractivity contribution < 1.29 is 19.8 Å². The second kappa shape index (κ2) is 10.6. The summed E-state index contributed by atoms with van der Waals surface area (Å²) in [6, 6.07) is 0. The average Bonchev–Trinajstić information content (AvgIpc) is 3.22. The highest BCUT2D eigenvalue weighted by Gasteiger charge is 2.32. The normalized spacial score (nSPS) is 22.2. The maximum Gasteiger partial charge on any atom is 0.355 e. The van der Waals surface area contributed by atoms with Crippen LogP contribution in [0.25, 0.3) is 0 Å². The van der Waals surface area contributed by atoms with Crippen LogP contribution >= 0.6 is 23.1 Å². The Labute approximate surface area is 175 Å². The zero-order valence-electron chi connectivity index (χ0n) is 16.9. The molecule has 5 nitrogen and oxygen atoms in total. The van der Waals surface area contributed by atoms with Crippen LogP contribution < -0.4 is 0 Å². The number of ketones is 1.